The third kappa shape index (κ3) is 2.99. The van der Waals surface area contributed by atoms with Crippen molar-refractivity contribution in [2.45, 2.75) is 5.92 Å². The molecule has 0 unspecified atom stereocenters. The summed E-state index contributed by atoms with van der Waals surface area (Å²) in [7, 11) is 2.53. The number of alkyl halides is 2. The van der Waals surface area contributed by atoms with E-state index in [0.29, 0.717) is 5.02 Å². The van der Waals surface area contributed by atoms with Gasteiger partial charge in [-0.3, -0.25) is 4.79 Å². The van der Waals surface area contributed by atoms with Gasteiger partial charge in [0.25, 0.3) is 11.8 Å². The molecule has 1 aromatic heterocycles. The highest BCUT2D eigenvalue weighted by atomic mass is 35.5. The topological polar surface area (TPSA) is 61.3 Å². The largest absolute Gasteiger partial charge is 0.477 e. The van der Waals surface area contributed by atoms with E-state index in [1.165, 1.54) is 38.5 Å². The van der Waals surface area contributed by atoms with Crippen LogP contribution in [0.3, 0.4) is 0 Å². The fourth-order valence-corrected chi connectivity index (χ4v) is 1.81. The monoisotopic (exact) mass is 328 g/mol. The molecule has 0 fully saturated rings. The minimum absolute atomic E-state index is 0.0546. The fraction of sp³-hybridized carbons (Fsp3) is 0.214. The van der Waals surface area contributed by atoms with Crippen molar-refractivity contribution >= 4 is 17.4 Å². The number of ether oxygens (including phenoxy) is 2. The Morgan fingerprint density at radius 3 is 2.27 bits per heavy atom. The number of ketones is 1. The number of Topliss-reactive ketones (excluding diaryl/α,β-unsaturated/α-hetero) is 1. The first kappa shape index (κ1) is 16.1. The second-order valence-corrected chi connectivity index (χ2v) is 4.62. The Morgan fingerprint density at radius 1 is 1.14 bits per heavy atom. The van der Waals surface area contributed by atoms with Crippen LogP contribution in [0, 0.1) is 0 Å². The number of carbonyl (C=O) groups excluding carboxylic acids is 1. The molecule has 0 amide bonds. The molecule has 116 valence electrons. The summed E-state index contributed by atoms with van der Waals surface area (Å²) in [6, 6.07) is 5.13. The van der Waals surface area contributed by atoms with Crippen molar-refractivity contribution < 1.29 is 23.0 Å². The predicted octanol–water partition coefficient (Wildman–Crippen LogP) is 3.12. The third-order valence-corrected chi connectivity index (χ3v) is 3.06. The minimum Gasteiger partial charge on any atom is -0.477 e. The molecule has 0 N–H and O–H groups in total. The average molecular weight is 329 g/mol. The normalized spacial score (nSPS) is 11.1. The molecule has 2 rings (SSSR count). The molecule has 2 aromatic rings. The lowest BCUT2D eigenvalue weighted by molar-refractivity contribution is 0.00400. The van der Waals surface area contributed by atoms with Gasteiger partial charge < -0.3 is 9.47 Å². The number of benzene rings is 1. The molecule has 0 bridgehead atoms. The van der Waals surface area contributed by atoms with Gasteiger partial charge in [0.1, 0.15) is 5.69 Å². The summed E-state index contributed by atoms with van der Waals surface area (Å²) < 4.78 is 38.2. The zero-order valence-electron chi connectivity index (χ0n) is 11.6. The summed E-state index contributed by atoms with van der Waals surface area (Å²) in [6.07, 6.45) is 0.773. The van der Waals surface area contributed by atoms with Crippen LogP contribution in [0.5, 0.6) is 11.8 Å². The van der Waals surface area contributed by atoms with Gasteiger partial charge in [0.2, 0.25) is 5.78 Å². The Hall–Kier alpha value is -2.28. The first-order chi connectivity index (χ1) is 10.4. The van der Waals surface area contributed by atoms with E-state index >= 15 is 0 Å². The molecular formula is C14H11ClF2N2O3. The lowest BCUT2D eigenvalue weighted by Gasteiger charge is -2.15. The number of hydrogen-bond acceptors (Lipinski definition) is 5. The van der Waals surface area contributed by atoms with Crippen LogP contribution in [0.4, 0.5) is 8.78 Å². The van der Waals surface area contributed by atoms with Crippen LogP contribution in [0.2, 0.25) is 5.02 Å². The first-order valence-electron chi connectivity index (χ1n) is 6.03. The number of rotatable bonds is 5. The van der Waals surface area contributed by atoms with Gasteiger partial charge in [-0.25, -0.2) is 9.97 Å². The number of nitrogens with zero attached hydrogens (tertiary/aromatic N) is 2. The first-order valence-corrected chi connectivity index (χ1v) is 6.41. The van der Waals surface area contributed by atoms with E-state index < -0.39 is 17.4 Å². The Balaban J connectivity index is 2.40. The van der Waals surface area contributed by atoms with E-state index in [1.54, 1.807) is 0 Å². The number of hydrogen-bond donors (Lipinski definition) is 0. The van der Waals surface area contributed by atoms with Crippen molar-refractivity contribution in [3.05, 3.63) is 46.7 Å². The molecule has 0 aliphatic rings. The quantitative estimate of drug-likeness (QED) is 0.789. The SMILES string of the molecule is COc1ncc(C(F)(F)C(=O)c2ccc(Cl)cc2)nc1OC. The summed E-state index contributed by atoms with van der Waals surface area (Å²) in [5.74, 6) is -5.56. The van der Waals surface area contributed by atoms with E-state index in [9.17, 15) is 13.6 Å². The molecule has 5 nitrogen and oxygen atoms in total. The Kier molecular flexibility index (Phi) is 4.56. The number of halogens is 3. The highest BCUT2D eigenvalue weighted by molar-refractivity contribution is 6.30. The predicted molar refractivity (Wildman–Crippen MR) is 74.8 cm³/mol. The van der Waals surface area contributed by atoms with Gasteiger partial charge in [0.15, 0.2) is 0 Å². The Bertz CT molecular complexity index is 693. The summed E-state index contributed by atoms with van der Waals surface area (Å²) in [6.45, 7) is 0. The maximum atomic E-state index is 14.3. The molecule has 0 atom stereocenters. The van der Waals surface area contributed by atoms with Gasteiger partial charge in [-0.2, -0.15) is 8.78 Å². The van der Waals surface area contributed by atoms with E-state index in [-0.39, 0.29) is 17.3 Å². The molecule has 1 heterocycles. The van der Waals surface area contributed by atoms with Crippen molar-refractivity contribution in [1.29, 1.82) is 0 Å². The molecule has 0 saturated carbocycles. The molecule has 1 aromatic carbocycles. The molecule has 22 heavy (non-hydrogen) atoms. The molecular weight excluding hydrogens is 318 g/mol. The summed E-state index contributed by atoms with van der Waals surface area (Å²) in [5.41, 5.74) is -1.02. The van der Waals surface area contributed by atoms with Crippen LogP contribution in [0.1, 0.15) is 16.1 Å². The number of aromatic nitrogens is 2. The van der Waals surface area contributed by atoms with Crippen LogP contribution in [0.15, 0.2) is 30.5 Å². The van der Waals surface area contributed by atoms with Crippen LogP contribution < -0.4 is 9.47 Å². The van der Waals surface area contributed by atoms with Gasteiger partial charge >= 0.3 is 5.92 Å². The summed E-state index contributed by atoms with van der Waals surface area (Å²) in [5, 5.41) is 0.339. The fourth-order valence-electron chi connectivity index (χ4n) is 1.68. The maximum Gasteiger partial charge on any atom is 0.353 e. The molecule has 0 aliphatic carbocycles. The van der Waals surface area contributed by atoms with Gasteiger partial charge in [0, 0.05) is 10.6 Å². The maximum absolute atomic E-state index is 14.3. The van der Waals surface area contributed by atoms with Crippen LogP contribution in [0.25, 0.3) is 0 Å². The summed E-state index contributed by atoms with van der Waals surface area (Å²) in [4.78, 5) is 19.3. The smallest absolute Gasteiger partial charge is 0.353 e. The second kappa shape index (κ2) is 6.23. The highest BCUT2D eigenvalue weighted by Gasteiger charge is 2.44. The van der Waals surface area contributed by atoms with Gasteiger partial charge in [-0.05, 0) is 24.3 Å². The molecule has 0 aliphatic heterocycles. The lowest BCUT2D eigenvalue weighted by Crippen LogP contribution is -2.27. The lowest BCUT2D eigenvalue weighted by atomic mass is 10.0. The zero-order chi connectivity index (χ0) is 16.3. The Labute approximate surface area is 129 Å². The standard InChI is InChI=1S/C14H11ClF2N2O3/c1-21-12-13(22-2)19-10(7-18-12)14(16,17)11(20)8-3-5-9(15)6-4-8/h3-7H,1-2H3. The average Bonchev–Trinajstić information content (AvgIpc) is 2.54. The minimum atomic E-state index is -3.86. The zero-order valence-corrected chi connectivity index (χ0v) is 12.4. The van der Waals surface area contributed by atoms with Crippen molar-refractivity contribution in [3.8, 4) is 11.8 Å². The van der Waals surface area contributed by atoms with Crippen molar-refractivity contribution in [2.75, 3.05) is 14.2 Å². The van der Waals surface area contributed by atoms with E-state index in [1.807, 2.05) is 0 Å². The van der Waals surface area contributed by atoms with Crippen LogP contribution >= 0.6 is 11.6 Å². The molecule has 0 radical (unpaired) electrons. The number of methoxy groups -OCH3 is 2. The highest BCUT2D eigenvalue weighted by Crippen LogP contribution is 2.33. The Morgan fingerprint density at radius 2 is 1.73 bits per heavy atom. The van der Waals surface area contributed by atoms with E-state index in [4.69, 9.17) is 21.1 Å². The third-order valence-electron chi connectivity index (χ3n) is 2.81. The molecule has 0 spiro atoms. The van der Waals surface area contributed by atoms with Crippen molar-refractivity contribution in [3.63, 3.8) is 0 Å². The van der Waals surface area contributed by atoms with Gasteiger partial charge in [0.05, 0.1) is 20.4 Å². The van der Waals surface area contributed by atoms with Crippen molar-refractivity contribution in [2.24, 2.45) is 0 Å². The summed E-state index contributed by atoms with van der Waals surface area (Å²) >= 11 is 5.67. The molecule has 0 saturated heterocycles. The number of carbonyl (C=O) groups is 1. The van der Waals surface area contributed by atoms with E-state index in [0.717, 1.165) is 6.20 Å². The van der Waals surface area contributed by atoms with Crippen LogP contribution in [-0.4, -0.2) is 30.0 Å². The van der Waals surface area contributed by atoms with E-state index in [2.05, 4.69) is 9.97 Å². The van der Waals surface area contributed by atoms with Gasteiger partial charge in [-0.15, -0.1) is 0 Å². The molecule has 8 heteroatoms. The van der Waals surface area contributed by atoms with Gasteiger partial charge in [-0.1, -0.05) is 11.6 Å². The van der Waals surface area contributed by atoms with Crippen molar-refractivity contribution in [1.82, 2.24) is 9.97 Å². The second-order valence-electron chi connectivity index (χ2n) is 4.18. The van der Waals surface area contributed by atoms with Crippen LogP contribution in [-0.2, 0) is 5.92 Å².